The van der Waals surface area contributed by atoms with Crippen LogP contribution in [0.25, 0.3) is 10.4 Å². The quantitative estimate of drug-likeness (QED) is 0.614. The maximum atomic E-state index is 6.33. The Balaban J connectivity index is 1.30. The number of hydrogen-bond acceptors (Lipinski definition) is 6. The number of nitrogens with zero attached hydrogens (tertiary/aromatic N) is 4. The van der Waals surface area contributed by atoms with Crippen LogP contribution in [-0.2, 0) is 19.5 Å². The van der Waals surface area contributed by atoms with Gasteiger partial charge in [-0.3, -0.25) is 9.80 Å². The van der Waals surface area contributed by atoms with Gasteiger partial charge >= 0.3 is 0 Å². The van der Waals surface area contributed by atoms with E-state index in [0.29, 0.717) is 0 Å². The van der Waals surface area contributed by atoms with Gasteiger partial charge < -0.3 is 4.52 Å². The lowest BCUT2D eigenvalue weighted by atomic mass is 10.2. The molecule has 0 spiro atoms. The molecule has 0 N–H and O–H groups in total. The molecule has 3 heterocycles. The predicted octanol–water partition coefficient (Wildman–Crippen LogP) is 4.33. The average Bonchev–Trinajstić information content (AvgIpc) is 3.33. The summed E-state index contributed by atoms with van der Waals surface area (Å²) in [6.07, 6.45) is 0.814. The van der Waals surface area contributed by atoms with Crippen molar-refractivity contribution in [3.8, 4) is 10.4 Å². The molecule has 0 radical (unpaired) electrons. The van der Waals surface area contributed by atoms with Crippen LogP contribution in [0.3, 0.4) is 0 Å². The molecular formula is C20H23ClN4OS. The fraction of sp³-hybridized carbons (Fsp3) is 0.400. The van der Waals surface area contributed by atoms with E-state index >= 15 is 0 Å². The Hall–Kier alpha value is -1.73. The smallest absolute Gasteiger partial charge is 0.240 e. The normalized spacial score (nSPS) is 16.1. The summed E-state index contributed by atoms with van der Waals surface area (Å²) in [5.74, 6) is 1.51. The summed E-state index contributed by atoms with van der Waals surface area (Å²) in [6, 6.07) is 12.4. The summed E-state index contributed by atoms with van der Waals surface area (Å²) in [5.41, 5.74) is 1.12. The molecule has 27 heavy (non-hydrogen) atoms. The van der Waals surface area contributed by atoms with Gasteiger partial charge in [-0.1, -0.05) is 41.9 Å². The second-order valence-electron chi connectivity index (χ2n) is 6.76. The van der Waals surface area contributed by atoms with E-state index < -0.39 is 0 Å². The van der Waals surface area contributed by atoms with E-state index in [4.69, 9.17) is 16.1 Å². The highest BCUT2D eigenvalue weighted by molar-refractivity contribution is 7.15. The van der Waals surface area contributed by atoms with Gasteiger partial charge in [0.15, 0.2) is 5.82 Å². The van der Waals surface area contributed by atoms with Gasteiger partial charge in [-0.15, -0.1) is 11.3 Å². The van der Waals surface area contributed by atoms with Gasteiger partial charge in [-0.2, -0.15) is 4.98 Å². The number of hydrogen-bond donors (Lipinski definition) is 0. The zero-order valence-corrected chi connectivity index (χ0v) is 17.0. The number of aromatic nitrogens is 2. The first-order chi connectivity index (χ1) is 13.2. The first-order valence-corrected chi connectivity index (χ1v) is 10.5. The second-order valence-corrected chi connectivity index (χ2v) is 8.33. The van der Waals surface area contributed by atoms with Gasteiger partial charge in [0.25, 0.3) is 0 Å². The molecule has 0 bridgehead atoms. The van der Waals surface area contributed by atoms with Crippen LogP contribution in [0.15, 0.2) is 40.9 Å². The van der Waals surface area contributed by atoms with Crippen LogP contribution < -0.4 is 0 Å². The predicted molar refractivity (Wildman–Crippen MR) is 109 cm³/mol. The fourth-order valence-electron chi connectivity index (χ4n) is 3.28. The molecule has 1 saturated heterocycles. The molecule has 0 aliphatic carbocycles. The van der Waals surface area contributed by atoms with Crippen LogP contribution in [0.1, 0.15) is 23.5 Å². The SMILES string of the molecule is CCc1noc(CN2CCN(Cc3ccc(-c4ccccc4Cl)s3)CC2)n1. The van der Waals surface area contributed by atoms with E-state index in [1.54, 1.807) is 0 Å². The Morgan fingerprint density at radius 1 is 1.04 bits per heavy atom. The van der Waals surface area contributed by atoms with E-state index in [2.05, 4.69) is 38.1 Å². The Bertz CT molecular complexity index is 886. The maximum Gasteiger partial charge on any atom is 0.240 e. The highest BCUT2D eigenvalue weighted by atomic mass is 35.5. The number of halogens is 1. The third-order valence-corrected chi connectivity index (χ3v) is 6.26. The summed E-state index contributed by atoms with van der Waals surface area (Å²) in [4.78, 5) is 11.9. The summed E-state index contributed by atoms with van der Waals surface area (Å²) >= 11 is 8.16. The van der Waals surface area contributed by atoms with Gasteiger partial charge in [0.2, 0.25) is 5.89 Å². The fourth-order valence-corrected chi connectivity index (χ4v) is 4.67. The minimum atomic E-state index is 0.725. The lowest BCUT2D eigenvalue weighted by Gasteiger charge is -2.33. The molecular weight excluding hydrogens is 380 g/mol. The molecule has 1 aliphatic heterocycles. The summed E-state index contributed by atoms with van der Waals surface area (Å²) < 4.78 is 5.31. The van der Waals surface area contributed by atoms with Crippen molar-refractivity contribution in [3.05, 3.63) is 58.0 Å². The third kappa shape index (κ3) is 4.58. The Labute approximate surface area is 168 Å². The molecule has 0 amide bonds. The van der Waals surface area contributed by atoms with Gasteiger partial charge in [0.05, 0.1) is 6.54 Å². The van der Waals surface area contributed by atoms with Crippen molar-refractivity contribution in [2.24, 2.45) is 0 Å². The second kappa shape index (κ2) is 8.52. The van der Waals surface area contributed by atoms with Gasteiger partial charge in [-0.05, 0) is 18.2 Å². The van der Waals surface area contributed by atoms with Crippen molar-refractivity contribution in [1.82, 2.24) is 19.9 Å². The molecule has 4 rings (SSSR count). The first kappa shape index (κ1) is 18.6. The molecule has 0 saturated carbocycles. The van der Waals surface area contributed by atoms with Crippen LogP contribution in [0.2, 0.25) is 5.02 Å². The molecule has 5 nitrogen and oxygen atoms in total. The van der Waals surface area contributed by atoms with Crippen molar-refractivity contribution < 1.29 is 4.52 Å². The molecule has 0 unspecified atom stereocenters. The summed E-state index contributed by atoms with van der Waals surface area (Å²) in [6.45, 7) is 7.91. The molecule has 1 aromatic carbocycles. The van der Waals surface area contributed by atoms with Crippen molar-refractivity contribution in [1.29, 1.82) is 0 Å². The number of piperazine rings is 1. The van der Waals surface area contributed by atoms with Gasteiger partial charge in [-0.25, -0.2) is 0 Å². The summed E-state index contributed by atoms with van der Waals surface area (Å²) in [7, 11) is 0. The number of rotatable bonds is 6. The molecule has 0 atom stereocenters. The monoisotopic (exact) mass is 402 g/mol. The van der Waals surface area contributed by atoms with Crippen LogP contribution >= 0.6 is 22.9 Å². The zero-order chi connectivity index (χ0) is 18.6. The van der Waals surface area contributed by atoms with E-state index in [0.717, 1.165) is 68.0 Å². The molecule has 2 aromatic heterocycles. The zero-order valence-electron chi connectivity index (χ0n) is 15.4. The molecule has 142 valence electrons. The maximum absolute atomic E-state index is 6.33. The van der Waals surface area contributed by atoms with Crippen LogP contribution in [0.4, 0.5) is 0 Å². The lowest BCUT2D eigenvalue weighted by molar-refractivity contribution is 0.113. The van der Waals surface area contributed by atoms with Crippen LogP contribution in [0, 0.1) is 0 Å². The van der Waals surface area contributed by atoms with Crippen molar-refractivity contribution in [2.45, 2.75) is 26.4 Å². The number of aryl methyl sites for hydroxylation is 1. The Morgan fingerprint density at radius 2 is 1.78 bits per heavy atom. The molecule has 1 aliphatic rings. The van der Waals surface area contributed by atoms with Gasteiger partial charge in [0.1, 0.15) is 0 Å². The van der Waals surface area contributed by atoms with E-state index in [1.165, 1.54) is 9.75 Å². The average molecular weight is 403 g/mol. The Morgan fingerprint density at radius 3 is 2.48 bits per heavy atom. The van der Waals surface area contributed by atoms with Crippen molar-refractivity contribution in [2.75, 3.05) is 26.2 Å². The van der Waals surface area contributed by atoms with Crippen molar-refractivity contribution >= 4 is 22.9 Å². The van der Waals surface area contributed by atoms with Crippen LogP contribution in [0.5, 0.6) is 0 Å². The van der Waals surface area contributed by atoms with Crippen molar-refractivity contribution in [3.63, 3.8) is 0 Å². The topological polar surface area (TPSA) is 45.4 Å². The minimum Gasteiger partial charge on any atom is -0.338 e. The largest absolute Gasteiger partial charge is 0.338 e. The van der Waals surface area contributed by atoms with Gasteiger partial charge in [0, 0.05) is 59.5 Å². The standard InChI is InChI=1S/C20H23ClN4OS/c1-2-19-22-20(26-23-19)14-25-11-9-24(10-12-25)13-15-7-8-18(27-15)16-5-3-4-6-17(16)21/h3-8H,2,9-14H2,1H3. The van der Waals surface area contributed by atoms with Crippen LogP contribution in [-0.4, -0.2) is 46.1 Å². The lowest BCUT2D eigenvalue weighted by Crippen LogP contribution is -2.45. The molecule has 3 aromatic rings. The highest BCUT2D eigenvalue weighted by Gasteiger charge is 2.20. The molecule has 7 heteroatoms. The number of thiophene rings is 1. The minimum absolute atomic E-state index is 0.725. The van der Waals surface area contributed by atoms with E-state index in [9.17, 15) is 0 Å². The summed E-state index contributed by atoms with van der Waals surface area (Å²) in [5, 5.41) is 4.79. The third-order valence-electron chi connectivity index (χ3n) is 4.83. The molecule has 1 fully saturated rings. The van der Waals surface area contributed by atoms with E-state index in [1.807, 2.05) is 36.5 Å². The number of benzene rings is 1. The Kier molecular flexibility index (Phi) is 5.88. The first-order valence-electron chi connectivity index (χ1n) is 9.31. The van der Waals surface area contributed by atoms with E-state index in [-0.39, 0.29) is 0 Å². The highest BCUT2D eigenvalue weighted by Crippen LogP contribution is 2.33.